The van der Waals surface area contributed by atoms with Gasteiger partial charge in [0.2, 0.25) is 0 Å². The van der Waals surface area contributed by atoms with Crippen LogP contribution in [-0.4, -0.2) is 16.5 Å². The van der Waals surface area contributed by atoms with Gasteiger partial charge in [0.05, 0.1) is 22.9 Å². The minimum absolute atomic E-state index is 0.0971. The molecular weight excluding hydrogens is 424 g/mol. The van der Waals surface area contributed by atoms with E-state index in [1.165, 1.54) is 22.6 Å². The second-order valence-corrected chi connectivity index (χ2v) is 6.96. The number of halogens is 6. The van der Waals surface area contributed by atoms with Gasteiger partial charge in [-0.3, -0.25) is 0 Å². The first-order valence-electron chi connectivity index (χ1n) is 9.48. The Morgan fingerprint density at radius 2 is 1.52 bits per heavy atom. The fraction of sp³-hybridized carbons (Fsp3) is 0.333. The Morgan fingerprint density at radius 3 is 2.03 bits per heavy atom. The zero-order valence-corrected chi connectivity index (χ0v) is 16.8. The van der Waals surface area contributed by atoms with Crippen molar-refractivity contribution in [1.82, 2.24) is 9.90 Å². The zero-order valence-electron chi connectivity index (χ0n) is 16.8. The van der Waals surface area contributed by atoms with Gasteiger partial charge in [-0.1, -0.05) is 13.3 Å². The monoisotopic (exact) mass is 444 g/mol. The molecule has 0 amide bonds. The average Bonchev–Trinajstić information content (AvgIpc) is 3.09. The molecule has 3 rings (SSSR count). The maximum Gasteiger partial charge on any atom is 0.416 e. The number of unbranched alkanes of at least 4 members (excludes halogenated alkanes) is 1. The van der Waals surface area contributed by atoms with Crippen LogP contribution in [0.3, 0.4) is 0 Å². The second-order valence-electron chi connectivity index (χ2n) is 6.96. The van der Waals surface area contributed by atoms with E-state index in [1.807, 2.05) is 6.92 Å². The van der Waals surface area contributed by atoms with Crippen molar-refractivity contribution in [3.63, 3.8) is 0 Å². The number of nitrogens with zero attached hydrogens (tertiary/aromatic N) is 3. The van der Waals surface area contributed by atoms with Gasteiger partial charge in [-0.15, -0.1) is 9.36 Å². The van der Waals surface area contributed by atoms with Crippen molar-refractivity contribution in [3.05, 3.63) is 59.8 Å². The fourth-order valence-corrected chi connectivity index (χ4v) is 2.94. The van der Waals surface area contributed by atoms with Crippen molar-refractivity contribution < 1.29 is 35.8 Å². The van der Waals surface area contributed by atoms with E-state index in [0.29, 0.717) is 30.2 Å². The summed E-state index contributed by atoms with van der Waals surface area (Å²) in [5, 5.41) is 4.18. The van der Waals surface area contributed by atoms with E-state index in [1.54, 1.807) is 24.3 Å². The predicted molar refractivity (Wildman–Crippen MR) is 101 cm³/mol. The minimum atomic E-state index is -4.92. The van der Waals surface area contributed by atoms with Crippen molar-refractivity contribution in [2.45, 2.75) is 32.1 Å². The van der Waals surface area contributed by atoms with Crippen LogP contribution >= 0.6 is 0 Å². The molecule has 0 unspecified atom stereocenters. The van der Waals surface area contributed by atoms with Crippen LogP contribution in [0.5, 0.6) is 5.75 Å². The van der Waals surface area contributed by atoms with E-state index < -0.39 is 23.5 Å². The van der Waals surface area contributed by atoms with Crippen LogP contribution in [0, 0.1) is 0 Å². The number of aromatic nitrogens is 3. The molecule has 31 heavy (non-hydrogen) atoms. The Kier molecular flexibility index (Phi) is 6.28. The van der Waals surface area contributed by atoms with E-state index in [4.69, 9.17) is 4.74 Å². The predicted octanol–water partition coefficient (Wildman–Crippen LogP) is 5.58. The highest BCUT2D eigenvalue weighted by molar-refractivity contribution is 5.59. The molecule has 4 nitrogen and oxygen atoms in total. The van der Waals surface area contributed by atoms with Crippen LogP contribution in [0.25, 0.3) is 16.9 Å². The standard InChI is InChI=1S/C21H20F6N3O/c1-3-4-9-31-18-7-5-17(6-8-18)30-13-19(29(2)28-30)14-10-15(20(22,23)24)12-16(11-14)21(25,26)27/h5-8,10-13H,3-4,9H2,1-2H3/q+1. The van der Waals surface area contributed by atoms with Gasteiger partial charge >= 0.3 is 12.4 Å². The van der Waals surface area contributed by atoms with Crippen molar-refractivity contribution >= 4 is 0 Å². The molecule has 2 aromatic carbocycles. The summed E-state index contributed by atoms with van der Waals surface area (Å²) in [7, 11) is 1.45. The largest absolute Gasteiger partial charge is 0.494 e. The number of hydrogen-bond acceptors (Lipinski definition) is 2. The van der Waals surface area contributed by atoms with Crippen LogP contribution in [0.15, 0.2) is 48.7 Å². The number of hydrogen-bond donors (Lipinski definition) is 0. The number of ether oxygens (including phenoxy) is 1. The lowest BCUT2D eigenvalue weighted by Gasteiger charge is -2.13. The number of benzene rings is 2. The highest BCUT2D eigenvalue weighted by atomic mass is 19.4. The van der Waals surface area contributed by atoms with E-state index >= 15 is 0 Å². The van der Waals surface area contributed by atoms with Crippen LogP contribution in [0.4, 0.5) is 26.3 Å². The maximum atomic E-state index is 13.2. The Balaban J connectivity index is 1.97. The van der Waals surface area contributed by atoms with Crippen molar-refractivity contribution in [2.24, 2.45) is 7.05 Å². The highest BCUT2D eigenvalue weighted by Gasteiger charge is 2.37. The third-order valence-corrected chi connectivity index (χ3v) is 4.58. The molecule has 0 aliphatic rings. The summed E-state index contributed by atoms with van der Waals surface area (Å²) >= 11 is 0. The van der Waals surface area contributed by atoms with Gasteiger partial charge in [0.1, 0.15) is 12.8 Å². The van der Waals surface area contributed by atoms with E-state index in [0.717, 1.165) is 12.8 Å². The van der Waals surface area contributed by atoms with Crippen LogP contribution in [-0.2, 0) is 19.4 Å². The number of rotatable bonds is 6. The Morgan fingerprint density at radius 1 is 0.935 bits per heavy atom. The summed E-state index contributed by atoms with van der Waals surface area (Å²) in [6.07, 6.45) is -6.55. The fourth-order valence-electron chi connectivity index (χ4n) is 2.94. The lowest BCUT2D eigenvalue weighted by atomic mass is 10.0. The normalized spacial score (nSPS) is 12.3. The van der Waals surface area contributed by atoms with Gasteiger partial charge in [0.15, 0.2) is 17.6 Å². The topological polar surface area (TPSA) is 30.9 Å². The second kappa shape index (κ2) is 8.60. The third kappa shape index (κ3) is 5.36. The Hall–Kier alpha value is -3.04. The SMILES string of the molecule is CCCCOc1ccc(-n2cc(-c3cc(C(F)(F)F)cc(C(F)(F)F)c3)[n+](C)n2)cc1. The summed E-state index contributed by atoms with van der Waals surface area (Å²) < 4.78 is 87.2. The number of aryl methyl sites for hydroxylation is 1. The molecule has 166 valence electrons. The molecule has 3 aromatic rings. The third-order valence-electron chi connectivity index (χ3n) is 4.58. The molecule has 0 saturated heterocycles. The van der Waals surface area contributed by atoms with Gasteiger partial charge < -0.3 is 4.74 Å². The van der Waals surface area contributed by atoms with Crippen molar-refractivity contribution in [1.29, 1.82) is 0 Å². The lowest BCUT2D eigenvalue weighted by molar-refractivity contribution is -0.721. The molecule has 0 bridgehead atoms. The molecule has 1 aromatic heterocycles. The van der Waals surface area contributed by atoms with Gasteiger partial charge in [0.25, 0.3) is 0 Å². The molecule has 0 aliphatic carbocycles. The first kappa shape index (κ1) is 22.6. The van der Waals surface area contributed by atoms with Gasteiger partial charge in [-0.05, 0) is 48.9 Å². The molecule has 0 radical (unpaired) electrons. The first-order chi connectivity index (χ1) is 14.5. The highest BCUT2D eigenvalue weighted by Crippen LogP contribution is 2.38. The summed E-state index contributed by atoms with van der Waals surface area (Å²) in [4.78, 5) is 0. The average molecular weight is 444 g/mol. The smallest absolute Gasteiger partial charge is 0.416 e. The van der Waals surface area contributed by atoms with E-state index in [-0.39, 0.29) is 17.3 Å². The minimum Gasteiger partial charge on any atom is -0.494 e. The maximum absolute atomic E-state index is 13.2. The summed E-state index contributed by atoms with van der Waals surface area (Å²) in [6, 6.07) is 8.31. The zero-order chi connectivity index (χ0) is 22.8. The van der Waals surface area contributed by atoms with Gasteiger partial charge in [-0.25, -0.2) is 0 Å². The molecule has 0 N–H and O–H groups in total. The summed E-state index contributed by atoms with van der Waals surface area (Å²) in [6.45, 7) is 2.62. The molecule has 1 heterocycles. The lowest BCUT2D eigenvalue weighted by Crippen LogP contribution is -2.33. The van der Waals surface area contributed by atoms with Gasteiger partial charge in [0, 0.05) is 5.56 Å². The molecular formula is C21H20F6N3O+. The van der Waals surface area contributed by atoms with E-state index in [9.17, 15) is 26.3 Å². The van der Waals surface area contributed by atoms with Gasteiger partial charge in [-0.2, -0.15) is 26.3 Å². The van der Waals surface area contributed by atoms with Crippen molar-refractivity contribution in [2.75, 3.05) is 6.61 Å². The first-order valence-corrected chi connectivity index (χ1v) is 9.48. The Labute approximate surface area is 174 Å². The Bertz CT molecular complexity index is 1010. The van der Waals surface area contributed by atoms with Crippen molar-refractivity contribution in [3.8, 4) is 22.7 Å². The quantitative estimate of drug-likeness (QED) is 0.282. The van der Waals surface area contributed by atoms with E-state index in [2.05, 4.69) is 5.21 Å². The molecule has 0 spiro atoms. The van der Waals surface area contributed by atoms with Crippen LogP contribution in [0.2, 0.25) is 0 Å². The molecule has 0 atom stereocenters. The molecule has 0 fully saturated rings. The van der Waals surface area contributed by atoms with Crippen LogP contribution in [0.1, 0.15) is 30.9 Å². The molecule has 0 saturated carbocycles. The molecule has 0 aliphatic heterocycles. The number of alkyl halides is 6. The van der Waals surface area contributed by atoms with Crippen LogP contribution < -0.4 is 9.42 Å². The summed E-state index contributed by atoms with van der Waals surface area (Å²) in [5.74, 6) is 0.654. The summed E-state index contributed by atoms with van der Waals surface area (Å²) in [5.41, 5.74) is -2.32. The molecule has 10 heteroatoms.